The molecule has 0 unspecified atom stereocenters. The van der Waals surface area contributed by atoms with Crippen LogP contribution in [0, 0.1) is 0 Å². The largest absolute Gasteiger partial charge is 0.477 e. The van der Waals surface area contributed by atoms with E-state index >= 15 is 0 Å². The summed E-state index contributed by atoms with van der Waals surface area (Å²) in [5.74, 6) is -1.16. The summed E-state index contributed by atoms with van der Waals surface area (Å²) in [6.45, 7) is 0. The van der Waals surface area contributed by atoms with E-state index in [1.54, 1.807) is 24.5 Å². The Morgan fingerprint density at radius 3 is 2.56 bits per heavy atom. The molecular formula is C11H8N2O3. The highest BCUT2D eigenvalue weighted by molar-refractivity contribution is 5.86. The summed E-state index contributed by atoms with van der Waals surface area (Å²) in [6.07, 6.45) is 3.14. The molecule has 2 rings (SSSR count). The average Bonchev–Trinajstić information content (AvgIpc) is 2.29. The highest BCUT2D eigenvalue weighted by Crippen LogP contribution is 2.13. The molecule has 0 radical (unpaired) electrons. The molecule has 0 aliphatic heterocycles. The predicted molar refractivity (Wildman–Crippen MR) is 57.3 cm³/mol. The number of aromatic amines is 1. The third-order valence-corrected chi connectivity index (χ3v) is 2.06. The maximum absolute atomic E-state index is 11.3. The molecule has 2 N–H and O–H groups in total. The molecule has 2 heterocycles. The molecule has 2 aromatic heterocycles. The molecular weight excluding hydrogens is 208 g/mol. The van der Waals surface area contributed by atoms with E-state index in [0.717, 1.165) is 11.6 Å². The van der Waals surface area contributed by atoms with Crippen LogP contribution in [0.1, 0.15) is 10.5 Å². The lowest BCUT2D eigenvalue weighted by molar-refractivity contribution is 0.0690. The molecule has 5 heteroatoms. The summed E-state index contributed by atoms with van der Waals surface area (Å²) in [5, 5.41) is 8.80. The average molecular weight is 216 g/mol. The molecule has 0 aliphatic rings. The van der Waals surface area contributed by atoms with E-state index in [1.165, 1.54) is 6.07 Å². The first kappa shape index (κ1) is 10.1. The van der Waals surface area contributed by atoms with Crippen molar-refractivity contribution < 1.29 is 9.90 Å². The second-order valence-electron chi connectivity index (χ2n) is 3.18. The fourth-order valence-electron chi connectivity index (χ4n) is 1.35. The zero-order valence-corrected chi connectivity index (χ0v) is 8.18. The van der Waals surface area contributed by atoms with Gasteiger partial charge in [0.25, 0.3) is 0 Å². The highest BCUT2D eigenvalue weighted by Gasteiger charge is 2.06. The lowest BCUT2D eigenvalue weighted by atomic mass is 10.1. The summed E-state index contributed by atoms with van der Waals surface area (Å²) in [4.78, 5) is 28.6. The number of nitrogens with zero attached hydrogens (tertiary/aromatic N) is 1. The van der Waals surface area contributed by atoms with E-state index in [4.69, 9.17) is 5.11 Å². The van der Waals surface area contributed by atoms with Crippen LogP contribution in [-0.4, -0.2) is 21.0 Å². The van der Waals surface area contributed by atoms with Crippen LogP contribution in [0.4, 0.5) is 0 Å². The molecule has 0 fully saturated rings. The Kier molecular flexibility index (Phi) is 2.51. The molecule has 0 bridgehead atoms. The Morgan fingerprint density at radius 1 is 1.25 bits per heavy atom. The minimum Gasteiger partial charge on any atom is -0.477 e. The normalized spacial score (nSPS) is 10.0. The van der Waals surface area contributed by atoms with Crippen molar-refractivity contribution in [1.29, 1.82) is 0 Å². The molecule has 0 spiro atoms. The molecule has 2 aromatic rings. The summed E-state index contributed by atoms with van der Waals surface area (Å²) in [5.41, 5.74) is 0.713. The van der Waals surface area contributed by atoms with E-state index in [1.807, 2.05) is 0 Å². The van der Waals surface area contributed by atoms with Crippen LogP contribution >= 0.6 is 0 Å². The van der Waals surface area contributed by atoms with E-state index in [-0.39, 0.29) is 11.1 Å². The van der Waals surface area contributed by atoms with Gasteiger partial charge in [0, 0.05) is 35.8 Å². The molecule has 0 saturated heterocycles. The lowest BCUT2D eigenvalue weighted by Gasteiger charge is -2.02. The first-order valence-corrected chi connectivity index (χ1v) is 4.55. The number of carbonyl (C=O) groups is 1. The van der Waals surface area contributed by atoms with Crippen molar-refractivity contribution >= 4 is 5.97 Å². The number of aromatic nitrogens is 2. The third-order valence-electron chi connectivity index (χ3n) is 2.06. The van der Waals surface area contributed by atoms with Crippen LogP contribution in [0.3, 0.4) is 0 Å². The number of hydrogen-bond donors (Lipinski definition) is 2. The van der Waals surface area contributed by atoms with Gasteiger partial charge in [-0.15, -0.1) is 0 Å². The van der Waals surface area contributed by atoms with Crippen molar-refractivity contribution in [1.82, 2.24) is 9.97 Å². The minimum absolute atomic E-state index is 0.126. The van der Waals surface area contributed by atoms with E-state index in [9.17, 15) is 9.59 Å². The van der Waals surface area contributed by atoms with Crippen LogP contribution in [-0.2, 0) is 0 Å². The number of carboxylic acids is 1. The fraction of sp³-hybridized carbons (Fsp3) is 0. The summed E-state index contributed by atoms with van der Waals surface area (Å²) < 4.78 is 0. The zero-order valence-electron chi connectivity index (χ0n) is 8.18. The van der Waals surface area contributed by atoms with Gasteiger partial charge in [-0.05, 0) is 12.1 Å². The van der Waals surface area contributed by atoms with Crippen molar-refractivity contribution in [2.45, 2.75) is 0 Å². The standard InChI is InChI=1S/C11H8N2O3/c14-8-5-9(7-1-3-12-4-2-7)13-10(6-8)11(15)16/h1-6H,(H,13,14)(H,15,16). The first-order chi connectivity index (χ1) is 7.66. The summed E-state index contributed by atoms with van der Waals surface area (Å²) in [7, 11) is 0. The number of H-pyrrole nitrogens is 1. The van der Waals surface area contributed by atoms with E-state index < -0.39 is 5.97 Å². The quantitative estimate of drug-likeness (QED) is 0.788. The molecule has 0 atom stereocenters. The van der Waals surface area contributed by atoms with Crippen LogP contribution in [0.25, 0.3) is 11.3 Å². The van der Waals surface area contributed by atoms with Crippen LogP contribution in [0.2, 0.25) is 0 Å². The van der Waals surface area contributed by atoms with Gasteiger partial charge in [0.15, 0.2) is 5.43 Å². The summed E-state index contributed by atoms with van der Waals surface area (Å²) in [6, 6.07) is 5.78. The van der Waals surface area contributed by atoms with Gasteiger partial charge in [0.1, 0.15) is 5.69 Å². The van der Waals surface area contributed by atoms with Gasteiger partial charge in [-0.2, -0.15) is 0 Å². The second-order valence-corrected chi connectivity index (χ2v) is 3.18. The molecule has 0 aliphatic carbocycles. The molecule has 0 saturated carbocycles. The SMILES string of the molecule is O=C(O)c1cc(=O)cc(-c2ccncc2)[nH]1. The number of hydrogen-bond acceptors (Lipinski definition) is 3. The Labute approximate surface area is 90.4 Å². The molecule has 80 valence electrons. The zero-order chi connectivity index (χ0) is 11.5. The number of pyridine rings is 2. The van der Waals surface area contributed by atoms with Gasteiger partial charge in [0.2, 0.25) is 0 Å². The minimum atomic E-state index is -1.16. The molecule has 0 aromatic carbocycles. The van der Waals surface area contributed by atoms with Crippen molar-refractivity contribution in [2.75, 3.05) is 0 Å². The maximum atomic E-state index is 11.3. The smallest absolute Gasteiger partial charge is 0.352 e. The monoisotopic (exact) mass is 216 g/mol. The number of nitrogens with one attached hydrogen (secondary N) is 1. The van der Waals surface area contributed by atoms with Crippen LogP contribution < -0.4 is 5.43 Å². The Balaban J connectivity index is 2.58. The second kappa shape index (κ2) is 3.98. The van der Waals surface area contributed by atoms with E-state index in [2.05, 4.69) is 9.97 Å². The van der Waals surface area contributed by atoms with Crippen molar-refractivity contribution in [2.24, 2.45) is 0 Å². The van der Waals surface area contributed by atoms with Crippen molar-refractivity contribution in [3.63, 3.8) is 0 Å². The number of carboxylic acid groups (broad SMARTS) is 1. The van der Waals surface area contributed by atoms with Crippen molar-refractivity contribution in [3.8, 4) is 11.3 Å². The van der Waals surface area contributed by atoms with Gasteiger partial charge in [-0.1, -0.05) is 0 Å². The molecule has 0 amide bonds. The van der Waals surface area contributed by atoms with Crippen LogP contribution in [0.15, 0.2) is 41.5 Å². The lowest BCUT2D eigenvalue weighted by Crippen LogP contribution is -2.09. The van der Waals surface area contributed by atoms with Crippen LogP contribution in [0.5, 0.6) is 0 Å². The van der Waals surface area contributed by atoms with Gasteiger partial charge in [0.05, 0.1) is 0 Å². The first-order valence-electron chi connectivity index (χ1n) is 4.55. The topological polar surface area (TPSA) is 83.0 Å². The third kappa shape index (κ3) is 1.98. The molecule has 16 heavy (non-hydrogen) atoms. The number of aromatic carboxylic acids is 1. The van der Waals surface area contributed by atoms with Gasteiger partial charge < -0.3 is 10.1 Å². The Hall–Kier alpha value is -2.43. The van der Waals surface area contributed by atoms with Gasteiger partial charge >= 0.3 is 5.97 Å². The van der Waals surface area contributed by atoms with Crippen molar-refractivity contribution in [3.05, 3.63) is 52.6 Å². The van der Waals surface area contributed by atoms with Gasteiger partial charge in [-0.3, -0.25) is 9.78 Å². The van der Waals surface area contributed by atoms with E-state index in [0.29, 0.717) is 5.69 Å². The predicted octanol–water partition coefficient (Wildman–Crippen LogP) is 1.14. The summed E-state index contributed by atoms with van der Waals surface area (Å²) >= 11 is 0. The maximum Gasteiger partial charge on any atom is 0.352 e. The Bertz CT molecular complexity index is 575. The van der Waals surface area contributed by atoms with Gasteiger partial charge in [-0.25, -0.2) is 4.79 Å². The molecule has 5 nitrogen and oxygen atoms in total. The fourth-order valence-corrected chi connectivity index (χ4v) is 1.35. The highest BCUT2D eigenvalue weighted by atomic mass is 16.4. The Morgan fingerprint density at radius 2 is 1.94 bits per heavy atom. The number of rotatable bonds is 2.